The number of aliphatic hydroxyl groups excluding tert-OH is 1. The molecule has 1 saturated heterocycles. The molecule has 2 rings (SSSR count). The average molecular weight is 198 g/mol. The van der Waals surface area contributed by atoms with Gasteiger partial charge in [-0.15, -0.1) is 0 Å². The first kappa shape index (κ1) is 10.4. The maximum atomic E-state index is 9.11. The van der Waals surface area contributed by atoms with Crippen LogP contribution in [0.1, 0.15) is 46.0 Å². The van der Waals surface area contributed by atoms with Gasteiger partial charge in [0, 0.05) is 0 Å². The first-order chi connectivity index (χ1) is 6.66. The van der Waals surface area contributed by atoms with Crippen molar-refractivity contribution in [3.05, 3.63) is 0 Å². The Morgan fingerprint density at radius 2 is 2.07 bits per heavy atom. The number of hydrogen-bond acceptors (Lipinski definition) is 2. The molecule has 1 spiro atoms. The Morgan fingerprint density at radius 3 is 2.71 bits per heavy atom. The van der Waals surface area contributed by atoms with Gasteiger partial charge in [-0.2, -0.15) is 0 Å². The van der Waals surface area contributed by atoms with Gasteiger partial charge in [-0.3, -0.25) is 0 Å². The summed E-state index contributed by atoms with van der Waals surface area (Å²) >= 11 is 0. The summed E-state index contributed by atoms with van der Waals surface area (Å²) in [5.41, 5.74) is 0.116. The van der Waals surface area contributed by atoms with Crippen molar-refractivity contribution < 1.29 is 9.84 Å². The van der Waals surface area contributed by atoms with Gasteiger partial charge in [0.05, 0.1) is 18.3 Å². The normalized spacial score (nSPS) is 48.6. The summed E-state index contributed by atoms with van der Waals surface area (Å²) < 4.78 is 6.07. The molecule has 1 aliphatic carbocycles. The summed E-state index contributed by atoms with van der Waals surface area (Å²) in [5.74, 6) is 1.47. The van der Waals surface area contributed by atoms with Crippen LogP contribution in [0.15, 0.2) is 0 Å². The van der Waals surface area contributed by atoms with Gasteiger partial charge in [-0.05, 0) is 37.5 Å². The highest BCUT2D eigenvalue weighted by Crippen LogP contribution is 2.47. The molecular weight excluding hydrogens is 176 g/mol. The molecule has 0 aromatic rings. The zero-order valence-electron chi connectivity index (χ0n) is 9.33. The molecule has 2 heteroatoms. The predicted molar refractivity (Wildman–Crippen MR) is 56.1 cm³/mol. The number of rotatable bonds is 1. The third-order valence-electron chi connectivity index (χ3n) is 4.18. The molecule has 2 aliphatic rings. The van der Waals surface area contributed by atoms with Crippen molar-refractivity contribution >= 4 is 0 Å². The maximum Gasteiger partial charge on any atom is 0.0814 e. The van der Waals surface area contributed by atoms with Crippen molar-refractivity contribution in [3.8, 4) is 0 Å². The highest BCUT2D eigenvalue weighted by molar-refractivity contribution is 4.96. The second-order valence-electron chi connectivity index (χ2n) is 5.31. The van der Waals surface area contributed by atoms with Crippen LogP contribution in [0.2, 0.25) is 0 Å². The van der Waals surface area contributed by atoms with E-state index in [0.717, 1.165) is 18.8 Å². The maximum absolute atomic E-state index is 9.11. The van der Waals surface area contributed by atoms with Crippen molar-refractivity contribution in [1.82, 2.24) is 0 Å². The van der Waals surface area contributed by atoms with Crippen LogP contribution in [0.4, 0.5) is 0 Å². The van der Waals surface area contributed by atoms with Gasteiger partial charge in [0.25, 0.3) is 0 Å². The second kappa shape index (κ2) is 3.82. The number of ether oxygens (including phenoxy) is 1. The van der Waals surface area contributed by atoms with Crippen molar-refractivity contribution in [2.75, 3.05) is 6.61 Å². The first-order valence-corrected chi connectivity index (χ1v) is 5.95. The molecule has 0 aromatic carbocycles. The Hall–Kier alpha value is -0.0800. The van der Waals surface area contributed by atoms with Crippen molar-refractivity contribution in [2.45, 2.75) is 57.7 Å². The van der Waals surface area contributed by atoms with E-state index in [9.17, 15) is 0 Å². The van der Waals surface area contributed by atoms with E-state index in [4.69, 9.17) is 9.84 Å². The first-order valence-electron chi connectivity index (χ1n) is 5.95. The van der Waals surface area contributed by atoms with Gasteiger partial charge in [0.2, 0.25) is 0 Å². The molecule has 2 fully saturated rings. The molecule has 82 valence electrons. The van der Waals surface area contributed by atoms with Gasteiger partial charge in [0.1, 0.15) is 0 Å². The van der Waals surface area contributed by atoms with Crippen LogP contribution in [-0.4, -0.2) is 23.4 Å². The Labute approximate surface area is 86.6 Å². The van der Waals surface area contributed by atoms with E-state index >= 15 is 0 Å². The zero-order valence-corrected chi connectivity index (χ0v) is 9.33. The molecule has 4 atom stereocenters. The molecule has 1 heterocycles. The number of hydrogen-bond donors (Lipinski definition) is 1. The molecule has 1 aliphatic heterocycles. The lowest BCUT2D eigenvalue weighted by molar-refractivity contribution is -0.116. The molecule has 1 N–H and O–H groups in total. The lowest BCUT2D eigenvalue weighted by Gasteiger charge is -2.42. The molecule has 1 saturated carbocycles. The van der Waals surface area contributed by atoms with Gasteiger partial charge >= 0.3 is 0 Å². The Kier molecular flexibility index (Phi) is 2.85. The van der Waals surface area contributed by atoms with Crippen LogP contribution in [0.25, 0.3) is 0 Å². The molecule has 0 radical (unpaired) electrons. The van der Waals surface area contributed by atoms with Crippen molar-refractivity contribution in [1.29, 1.82) is 0 Å². The van der Waals surface area contributed by atoms with Crippen LogP contribution in [0.3, 0.4) is 0 Å². The van der Waals surface area contributed by atoms with Crippen LogP contribution in [0.5, 0.6) is 0 Å². The molecule has 14 heavy (non-hydrogen) atoms. The lowest BCUT2D eigenvalue weighted by atomic mass is 9.71. The average Bonchev–Trinajstić information content (AvgIpc) is 2.57. The monoisotopic (exact) mass is 198 g/mol. The van der Waals surface area contributed by atoms with E-state index in [0.29, 0.717) is 5.92 Å². The van der Waals surface area contributed by atoms with E-state index in [1.165, 1.54) is 19.3 Å². The summed E-state index contributed by atoms with van der Waals surface area (Å²) in [6, 6.07) is 0. The van der Waals surface area contributed by atoms with Crippen LogP contribution < -0.4 is 0 Å². The quantitative estimate of drug-likeness (QED) is 0.701. The lowest BCUT2D eigenvalue weighted by Crippen LogP contribution is -2.42. The fourth-order valence-electron chi connectivity index (χ4n) is 3.19. The minimum Gasteiger partial charge on any atom is -0.394 e. The van der Waals surface area contributed by atoms with Gasteiger partial charge in [-0.25, -0.2) is 0 Å². The Morgan fingerprint density at radius 1 is 1.29 bits per heavy atom. The SMILES string of the molecule is C[C@@H]1CC[C@H](C)[C@]2(CC[C@@H](CO)O2)C1. The minimum absolute atomic E-state index is 0.114. The summed E-state index contributed by atoms with van der Waals surface area (Å²) in [5, 5.41) is 9.11. The zero-order chi connectivity index (χ0) is 10.2. The smallest absolute Gasteiger partial charge is 0.0814 e. The largest absolute Gasteiger partial charge is 0.394 e. The third kappa shape index (κ3) is 1.70. The Bertz CT molecular complexity index is 204. The minimum atomic E-state index is 0.114. The summed E-state index contributed by atoms with van der Waals surface area (Å²) in [6.45, 7) is 4.83. The summed E-state index contributed by atoms with van der Waals surface area (Å²) in [6.07, 6.45) is 6.15. The standard InChI is InChI=1S/C12H22O2/c1-9-3-4-10(2)12(7-9)6-5-11(8-13)14-12/h9-11,13H,3-8H2,1-2H3/t9-,10+,11+,12+/m1/s1. The van der Waals surface area contributed by atoms with Crippen LogP contribution >= 0.6 is 0 Å². The van der Waals surface area contributed by atoms with E-state index < -0.39 is 0 Å². The molecule has 2 nitrogen and oxygen atoms in total. The molecule has 0 unspecified atom stereocenters. The number of aliphatic hydroxyl groups is 1. The highest BCUT2D eigenvalue weighted by Gasteiger charge is 2.46. The van der Waals surface area contributed by atoms with E-state index in [1.807, 2.05) is 0 Å². The molecule has 0 amide bonds. The van der Waals surface area contributed by atoms with Crippen LogP contribution in [0, 0.1) is 11.8 Å². The Balaban J connectivity index is 2.06. The molecule has 0 aromatic heterocycles. The second-order valence-corrected chi connectivity index (χ2v) is 5.31. The molecule has 0 bridgehead atoms. The highest BCUT2D eigenvalue weighted by atomic mass is 16.5. The predicted octanol–water partition coefficient (Wildman–Crippen LogP) is 2.35. The summed E-state index contributed by atoms with van der Waals surface area (Å²) in [4.78, 5) is 0. The fourth-order valence-corrected chi connectivity index (χ4v) is 3.19. The van der Waals surface area contributed by atoms with Gasteiger partial charge in [-0.1, -0.05) is 20.3 Å². The molecular formula is C12H22O2. The van der Waals surface area contributed by atoms with Crippen molar-refractivity contribution in [3.63, 3.8) is 0 Å². The van der Waals surface area contributed by atoms with E-state index in [1.54, 1.807) is 0 Å². The summed E-state index contributed by atoms with van der Waals surface area (Å²) in [7, 11) is 0. The topological polar surface area (TPSA) is 29.5 Å². The fraction of sp³-hybridized carbons (Fsp3) is 1.00. The van der Waals surface area contributed by atoms with Crippen LogP contribution in [-0.2, 0) is 4.74 Å². The third-order valence-corrected chi connectivity index (χ3v) is 4.18. The van der Waals surface area contributed by atoms with Gasteiger partial charge < -0.3 is 9.84 Å². The van der Waals surface area contributed by atoms with E-state index in [2.05, 4.69) is 13.8 Å². The van der Waals surface area contributed by atoms with Crippen molar-refractivity contribution in [2.24, 2.45) is 11.8 Å². The van der Waals surface area contributed by atoms with Gasteiger partial charge in [0.15, 0.2) is 0 Å². The van der Waals surface area contributed by atoms with E-state index in [-0.39, 0.29) is 18.3 Å².